The number of hydrogen-bond donors (Lipinski definition) is 1. The van der Waals surface area contributed by atoms with E-state index in [-0.39, 0.29) is 5.91 Å². The van der Waals surface area contributed by atoms with E-state index in [2.05, 4.69) is 15.2 Å². The van der Waals surface area contributed by atoms with Crippen molar-refractivity contribution in [2.24, 2.45) is 0 Å². The van der Waals surface area contributed by atoms with E-state index in [9.17, 15) is 9.59 Å². The lowest BCUT2D eigenvalue weighted by molar-refractivity contribution is 0.0884. The average Bonchev–Trinajstić information content (AvgIpc) is 3.08. The highest BCUT2D eigenvalue weighted by molar-refractivity contribution is 6.10. The highest BCUT2D eigenvalue weighted by atomic mass is 16.5. The molecule has 2 amide bonds. The molecule has 0 spiro atoms. The van der Waals surface area contributed by atoms with Crippen LogP contribution in [0, 0.1) is 0 Å². The van der Waals surface area contributed by atoms with Gasteiger partial charge in [0.25, 0.3) is 5.91 Å². The fourth-order valence-corrected chi connectivity index (χ4v) is 6.49. The molecule has 0 unspecified atom stereocenters. The molecule has 3 aromatic carbocycles. The molecular weight excluding hydrogens is 538 g/mol. The highest BCUT2D eigenvalue weighted by Crippen LogP contribution is 2.33. The molecular formula is C35H39N5O3. The standard InChI is InChI=1S/C35H39N5O3/c1-43-35(42)40(28-15-7-3-8-16-28)37-34(41)32-29-17-9-10-18-31(29)36-33(26-13-5-2-6-14-26)30(32)25-38-23-19-27(20-24-38)39-21-11-4-12-22-39/h2-3,5-10,13-18,27H,4,11-12,19-25H2,1H3,(H,37,41). The maximum absolute atomic E-state index is 14.4. The summed E-state index contributed by atoms with van der Waals surface area (Å²) in [5.41, 5.74) is 7.21. The number of para-hydroxylation sites is 2. The molecule has 0 atom stereocenters. The Morgan fingerprint density at radius 3 is 2.21 bits per heavy atom. The fraction of sp³-hybridized carbons (Fsp3) is 0.343. The Bertz CT molecular complexity index is 1550. The summed E-state index contributed by atoms with van der Waals surface area (Å²) >= 11 is 0. The number of carbonyl (C=O) groups excluding carboxylic acids is 2. The number of benzene rings is 3. The molecule has 2 saturated heterocycles. The average molecular weight is 578 g/mol. The summed E-state index contributed by atoms with van der Waals surface area (Å²) in [4.78, 5) is 37.5. The third-order valence-corrected chi connectivity index (χ3v) is 8.70. The molecule has 1 aromatic heterocycles. The molecule has 0 bridgehead atoms. The van der Waals surface area contributed by atoms with Gasteiger partial charge in [-0.2, -0.15) is 5.01 Å². The topological polar surface area (TPSA) is 78.0 Å². The van der Waals surface area contributed by atoms with Gasteiger partial charge in [-0.15, -0.1) is 0 Å². The second kappa shape index (κ2) is 13.4. The van der Waals surface area contributed by atoms with Gasteiger partial charge in [0.2, 0.25) is 0 Å². The Kier molecular flexibility index (Phi) is 8.96. The van der Waals surface area contributed by atoms with E-state index < -0.39 is 6.09 Å². The van der Waals surface area contributed by atoms with Crippen molar-refractivity contribution >= 4 is 28.6 Å². The molecule has 8 nitrogen and oxygen atoms in total. The number of likely N-dealkylation sites (tertiary alicyclic amines) is 2. The van der Waals surface area contributed by atoms with E-state index in [1.165, 1.54) is 39.5 Å². The molecule has 43 heavy (non-hydrogen) atoms. The summed E-state index contributed by atoms with van der Waals surface area (Å²) in [5, 5.41) is 1.91. The second-order valence-electron chi connectivity index (χ2n) is 11.4. The maximum Gasteiger partial charge on any atom is 0.433 e. The van der Waals surface area contributed by atoms with Crippen LogP contribution in [0.15, 0.2) is 84.9 Å². The number of pyridine rings is 1. The SMILES string of the molecule is COC(=O)N(NC(=O)c1c(CN2CCC(N3CCCCC3)CC2)c(-c2ccccc2)nc2ccccc12)c1ccccc1. The minimum absolute atomic E-state index is 0.386. The Morgan fingerprint density at radius 2 is 1.51 bits per heavy atom. The molecule has 3 heterocycles. The van der Waals surface area contributed by atoms with E-state index >= 15 is 0 Å². The van der Waals surface area contributed by atoms with Crippen LogP contribution in [0.3, 0.4) is 0 Å². The third-order valence-electron chi connectivity index (χ3n) is 8.70. The summed E-state index contributed by atoms with van der Waals surface area (Å²) in [7, 11) is 1.30. The van der Waals surface area contributed by atoms with Gasteiger partial charge in [0, 0.05) is 29.1 Å². The predicted octanol–water partition coefficient (Wildman–Crippen LogP) is 6.27. The van der Waals surface area contributed by atoms with Crippen molar-refractivity contribution in [1.29, 1.82) is 0 Å². The molecule has 0 aliphatic carbocycles. The van der Waals surface area contributed by atoms with Gasteiger partial charge >= 0.3 is 6.09 Å². The Morgan fingerprint density at radius 1 is 0.860 bits per heavy atom. The summed E-state index contributed by atoms with van der Waals surface area (Å²) in [5.74, 6) is -0.386. The third kappa shape index (κ3) is 6.40. The predicted molar refractivity (Wildman–Crippen MR) is 170 cm³/mol. The number of hydrogen-bond acceptors (Lipinski definition) is 6. The molecule has 4 aromatic rings. The summed E-state index contributed by atoms with van der Waals surface area (Å²) in [6.45, 7) is 4.92. The van der Waals surface area contributed by atoms with Gasteiger partial charge in [0.15, 0.2) is 0 Å². The number of methoxy groups -OCH3 is 1. The summed E-state index contributed by atoms with van der Waals surface area (Å²) < 4.78 is 5.04. The molecule has 8 heteroatoms. The number of aromatic nitrogens is 1. The van der Waals surface area contributed by atoms with E-state index in [0.29, 0.717) is 23.8 Å². The smallest absolute Gasteiger partial charge is 0.433 e. The number of ether oxygens (including phenoxy) is 1. The molecule has 222 valence electrons. The van der Waals surface area contributed by atoms with Crippen LogP contribution in [-0.4, -0.2) is 66.1 Å². The number of carbonyl (C=O) groups is 2. The number of rotatable bonds is 6. The van der Waals surface area contributed by atoms with Crippen molar-refractivity contribution < 1.29 is 14.3 Å². The quantitative estimate of drug-likeness (QED) is 0.272. The molecule has 0 radical (unpaired) electrons. The van der Waals surface area contributed by atoms with Gasteiger partial charge in [-0.25, -0.2) is 9.78 Å². The van der Waals surface area contributed by atoms with E-state index in [1.54, 1.807) is 12.1 Å². The van der Waals surface area contributed by atoms with Gasteiger partial charge in [-0.3, -0.25) is 15.1 Å². The summed E-state index contributed by atoms with van der Waals surface area (Å²) in [6.07, 6.45) is 5.50. The minimum Gasteiger partial charge on any atom is -0.451 e. The Hall–Kier alpha value is -4.27. The lowest BCUT2D eigenvalue weighted by Crippen LogP contribution is -2.47. The van der Waals surface area contributed by atoms with Crippen molar-refractivity contribution in [2.45, 2.75) is 44.7 Å². The first-order chi connectivity index (χ1) is 21.1. The molecule has 6 rings (SSSR count). The lowest BCUT2D eigenvalue weighted by atomic mass is 9.94. The number of fused-ring (bicyclic) bond motifs is 1. The number of nitrogens with zero attached hydrogens (tertiary/aromatic N) is 4. The zero-order valence-corrected chi connectivity index (χ0v) is 24.7. The minimum atomic E-state index is -0.678. The molecule has 2 aliphatic rings. The van der Waals surface area contributed by atoms with Gasteiger partial charge < -0.3 is 9.64 Å². The molecule has 1 N–H and O–H groups in total. The lowest BCUT2D eigenvalue weighted by Gasteiger charge is -2.40. The van der Waals surface area contributed by atoms with Crippen molar-refractivity contribution in [3.63, 3.8) is 0 Å². The fourth-order valence-electron chi connectivity index (χ4n) is 6.49. The van der Waals surface area contributed by atoms with Crippen LogP contribution in [0.1, 0.15) is 48.0 Å². The normalized spacial score (nSPS) is 16.6. The van der Waals surface area contributed by atoms with Gasteiger partial charge in [0.05, 0.1) is 29.6 Å². The molecule has 2 fully saturated rings. The van der Waals surface area contributed by atoms with Crippen LogP contribution in [-0.2, 0) is 11.3 Å². The largest absolute Gasteiger partial charge is 0.451 e. The van der Waals surface area contributed by atoms with Crippen molar-refractivity contribution in [2.75, 3.05) is 38.3 Å². The number of piperidine rings is 2. The van der Waals surface area contributed by atoms with Crippen LogP contribution < -0.4 is 10.4 Å². The van der Waals surface area contributed by atoms with Crippen molar-refractivity contribution in [3.05, 3.63) is 96.1 Å². The van der Waals surface area contributed by atoms with Crippen LogP contribution in [0.5, 0.6) is 0 Å². The summed E-state index contributed by atoms with van der Waals surface area (Å²) in [6, 6.07) is 27.4. The van der Waals surface area contributed by atoms with E-state index in [0.717, 1.165) is 58.7 Å². The van der Waals surface area contributed by atoms with Crippen LogP contribution in [0.4, 0.5) is 10.5 Å². The molecule has 0 saturated carbocycles. The number of hydrazine groups is 1. The number of amides is 2. The van der Waals surface area contributed by atoms with Crippen LogP contribution in [0.2, 0.25) is 0 Å². The zero-order chi connectivity index (χ0) is 29.6. The van der Waals surface area contributed by atoms with Crippen LogP contribution >= 0.6 is 0 Å². The van der Waals surface area contributed by atoms with E-state index in [1.807, 2.05) is 72.8 Å². The number of nitrogens with one attached hydrogen (secondary N) is 1. The van der Waals surface area contributed by atoms with E-state index in [4.69, 9.17) is 9.72 Å². The molecule has 2 aliphatic heterocycles. The number of anilines is 1. The first-order valence-corrected chi connectivity index (χ1v) is 15.3. The zero-order valence-electron chi connectivity index (χ0n) is 24.7. The van der Waals surface area contributed by atoms with Crippen molar-refractivity contribution in [1.82, 2.24) is 20.2 Å². The Labute approximate surface area is 253 Å². The monoisotopic (exact) mass is 577 g/mol. The van der Waals surface area contributed by atoms with Gasteiger partial charge in [0.1, 0.15) is 0 Å². The first-order valence-electron chi connectivity index (χ1n) is 15.3. The second-order valence-corrected chi connectivity index (χ2v) is 11.4. The van der Waals surface area contributed by atoms with Gasteiger partial charge in [-0.05, 0) is 70.1 Å². The first kappa shape index (κ1) is 28.8. The van der Waals surface area contributed by atoms with Gasteiger partial charge in [-0.1, -0.05) is 73.2 Å². The van der Waals surface area contributed by atoms with Crippen LogP contribution in [0.25, 0.3) is 22.2 Å². The maximum atomic E-state index is 14.4. The Balaban J connectivity index is 1.39. The highest BCUT2D eigenvalue weighted by Gasteiger charge is 2.30. The van der Waals surface area contributed by atoms with Crippen molar-refractivity contribution in [3.8, 4) is 11.3 Å².